The first-order valence-corrected chi connectivity index (χ1v) is 16.3. The summed E-state index contributed by atoms with van der Waals surface area (Å²) >= 11 is 2.92. The molecule has 2 amide bonds. The minimum Gasteiger partial charge on any atom is -0.497 e. The van der Waals surface area contributed by atoms with Crippen LogP contribution in [0, 0.1) is 13.8 Å². The predicted molar refractivity (Wildman–Crippen MR) is 177 cm³/mol. The van der Waals surface area contributed by atoms with E-state index in [1.165, 1.54) is 11.8 Å². The van der Waals surface area contributed by atoms with Crippen molar-refractivity contribution in [3.63, 3.8) is 0 Å². The van der Waals surface area contributed by atoms with E-state index >= 15 is 0 Å². The van der Waals surface area contributed by atoms with Gasteiger partial charge in [0.15, 0.2) is 11.0 Å². The third-order valence-corrected chi connectivity index (χ3v) is 9.59. The number of methoxy groups -OCH3 is 1. The van der Waals surface area contributed by atoms with Crippen molar-refractivity contribution < 1.29 is 14.3 Å². The minimum absolute atomic E-state index is 0.104. The predicted octanol–water partition coefficient (Wildman–Crippen LogP) is 6.35. The molecule has 0 unspecified atom stereocenters. The van der Waals surface area contributed by atoms with Crippen LogP contribution in [0.25, 0.3) is 5.69 Å². The number of benzene rings is 3. The summed E-state index contributed by atoms with van der Waals surface area (Å²) in [6.45, 7) is 4.26. The monoisotopic (exact) mass is 636 g/mol. The van der Waals surface area contributed by atoms with Crippen molar-refractivity contribution in [2.45, 2.75) is 38.0 Å². The zero-order chi connectivity index (χ0) is 31.3. The number of hydrogen-bond donors (Lipinski definition) is 1. The molecule has 1 N–H and O–H groups in total. The smallest absolute Gasteiger partial charge is 0.253 e. The molecule has 1 aliphatic rings. The molecule has 0 fully saturated rings. The maximum absolute atomic E-state index is 13.9. The van der Waals surface area contributed by atoms with Crippen molar-refractivity contribution in [2.75, 3.05) is 12.9 Å². The van der Waals surface area contributed by atoms with Crippen molar-refractivity contribution in [2.24, 2.45) is 5.10 Å². The third kappa shape index (κ3) is 6.54. The van der Waals surface area contributed by atoms with E-state index in [4.69, 9.17) is 9.84 Å². The lowest BCUT2D eigenvalue weighted by atomic mass is 10.0. The molecule has 45 heavy (non-hydrogen) atoms. The summed E-state index contributed by atoms with van der Waals surface area (Å²) in [6.07, 6.45) is 0.618. The van der Waals surface area contributed by atoms with Gasteiger partial charge in [0.1, 0.15) is 5.75 Å². The Morgan fingerprint density at radius 2 is 1.78 bits per heavy atom. The number of nitrogens with one attached hydrogen (secondary N) is 1. The van der Waals surface area contributed by atoms with Gasteiger partial charge in [-0.2, -0.15) is 5.10 Å². The second-order valence-corrected chi connectivity index (χ2v) is 12.4. The van der Waals surface area contributed by atoms with Crippen LogP contribution < -0.4 is 10.1 Å². The highest BCUT2D eigenvalue weighted by Gasteiger charge is 2.34. The molecule has 0 bridgehead atoms. The highest BCUT2D eigenvalue weighted by molar-refractivity contribution is 7.99. The average molecular weight is 637 g/mol. The van der Waals surface area contributed by atoms with Crippen LogP contribution in [0.3, 0.4) is 0 Å². The van der Waals surface area contributed by atoms with Crippen LogP contribution in [-0.2, 0) is 11.3 Å². The Hall–Kier alpha value is -4.74. The second kappa shape index (κ2) is 13.5. The van der Waals surface area contributed by atoms with Crippen LogP contribution in [0.2, 0.25) is 0 Å². The summed E-state index contributed by atoms with van der Waals surface area (Å²) in [6, 6.07) is 26.6. The molecule has 0 saturated carbocycles. The van der Waals surface area contributed by atoms with Gasteiger partial charge in [0.25, 0.3) is 11.8 Å². The van der Waals surface area contributed by atoms with E-state index in [1.807, 2.05) is 96.6 Å². The average Bonchev–Trinajstić information content (AvgIpc) is 3.85. The summed E-state index contributed by atoms with van der Waals surface area (Å²) in [4.78, 5) is 27.7. The zero-order valence-electron chi connectivity index (χ0n) is 25.1. The fraction of sp³-hybridized carbons (Fsp3) is 0.206. The summed E-state index contributed by atoms with van der Waals surface area (Å²) in [7, 11) is 1.63. The van der Waals surface area contributed by atoms with Crippen LogP contribution in [-0.4, -0.2) is 50.2 Å². The summed E-state index contributed by atoms with van der Waals surface area (Å²) in [5.74, 6) is 1.09. The van der Waals surface area contributed by atoms with Gasteiger partial charge in [0, 0.05) is 12.0 Å². The van der Waals surface area contributed by atoms with Crippen molar-refractivity contribution in [3.8, 4) is 11.4 Å². The van der Waals surface area contributed by atoms with Crippen LogP contribution in [0.15, 0.2) is 101 Å². The molecule has 2 aromatic heterocycles. The van der Waals surface area contributed by atoms with Crippen molar-refractivity contribution in [1.29, 1.82) is 0 Å². The second-order valence-electron chi connectivity index (χ2n) is 10.5. The molecule has 3 heterocycles. The van der Waals surface area contributed by atoms with E-state index in [-0.39, 0.29) is 30.2 Å². The van der Waals surface area contributed by atoms with Gasteiger partial charge >= 0.3 is 0 Å². The molecule has 0 spiro atoms. The number of aromatic nitrogens is 3. The van der Waals surface area contributed by atoms with Gasteiger partial charge in [0.05, 0.1) is 41.7 Å². The van der Waals surface area contributed by atoms with Crippen molar-refractivity contribution >= 4 is 40.6 Å². The Balaban J connectivity index is 1.26. The molecule has 6 rings (SSSR count). The van der Waals surface area contributed by atoms with E-state index in [0.29, 0.717) is 23.0 Å². The van der Waals surface area contributed by atoms with E-state index in [9.17, 15) is 9.59 Å². The van der Waals surface area contributed by atoms with Gasteiger partial charge in [-0.05, 0) is 72.3 Å². The summed E-state index contributed by atoms with van der Waals surface area (Å²) in [5.41, 5.74) is 5.51. The number of thiophene rings is 1. The third-order valence-electron chi connectivity index (χ3n) is 7.76. The zero-order valence-corrected chi connectivity index (χ0v) is 26.8. The van der Waals surface area contributed by atoms with Gasteiger partial charge < -0.3 is 10.1 Å². The SMILES string of the molecule is COc1ccc([C@H]2CC(c3cccs3)=NN2C(=O)CSc2nnc(CNC(=O)c3ccccc3)n2-c2cccc(C)c2C)cc1. The molecule has 1 aliphatic heterocycles. The standard InChI is InChI=1S/C34H32N6O3S2/c1-22-9-7-12-28(23(22)2)39-31(20-35-33(42)25-10-5-4-6-11-25)36-37-34(39)45-21-32(41)40-29(24-14-16-26(43-3)17-15-24)19-27(38-40)30-13-8-18-44-30/h4-18,29H,19-21H2,1-3H3,(H,35,42)/t29-/m1/s1. The highest BCUT2D eigenvalue weighted by Crippen LogP contribution is 2.35. The molecule has 3 aromatic carbocycles. The molecule has 228 valence electrons. The minimum atomic E-state index is -0.234. The van der Waals surface area contributed by atoms with Gasteiger partial charge in [0.2, 0.25) is 0 Å². The summed E-state index contributed by atoms with van der Waals surface area (Å²) < 4.78 is 7.27. The van der Waals surface area contributed by atoms with Gasteiger partial charge in [-0.1, -0.05) is 60.3 Å². The number of thioether (sulfide) groups is 1. The van der Waals surface area contributed by atoms with E-state index < -0.39 is 0 Å². The lowest BCUT2D eigenvalue weighted by Gasteiger charge is -2.22. The quantitative estimate of drug-likeness (QED) is 0.179. The van der Waals surface area contributed by atoms with Crippen molar-refractivity contribution in [3.05, 3.63) is 123 Å². The van der Waals surface area contributed by atoms with Crippen LogP contribution >= 0.6 is 23.1 Å². The van der Waals surface area contributed by atoms with Crippen molar-refractivity contribution in [1.82, 2.24) is 25.1 Å². The number of nitrogens with zero attached hydrogens (tertiary/aromatic N) is 5. The number of rotatable bonds is 10. The van der Waals surface area contributed by atoms with Gasteiger partial charge in [-0.3, -0.25) is 14.2 Å². The lowest BCUT2D eigenvalue weighted by Crippen LogP contribution is -2.28. The molecule has 9 nitrogen and oxygen atoms in total. The fourth-order valence-electron chi connectivity index (χ4n) is 5.19. The van der Waals surface area contributed by atoms with E-state index in [1.54, 1.807) is 35.6 Å². The molecular formula is C34H32N6O3S2. The van der Waals surface area contributed by atoms with Crippen LogP contribution in [0.5, 0.6) is 5.75 Å². The number of carbonyl (C=O) groups is 2. The Bertz CT molecular complexity index is 1840. The number of aryl methyl sites for hydroxylation is 1. The fourth-order valence-corrected chi connectivity index (χ4v) is 6.73. The first kappa shape index (κ1) is 30.3. The lowest BCUT2D eigenvalue weighted by molar-refractivity contribution is -0.130. The number of carbonyl (C=O) groups excluding carboxylic acids is 2. The molecular weight excluding hydrogens is 605 g/mol. The normalized spacial score (nSPS) is 14.3. The molecule has 0 saturated heterocycles. The summed E-state index contributed by atoms with van der Waals surface area (Å²) in [5, 5.41) is 20.9. The molecule has 0 radical (unpaired) electrons. The maximum Gasteiger partial charge on any atom is 0.253 e. The number of hydrazone groups is 1. The Morgan fingerprint density at radius 1 is 0.978 bits per heavy atom. The number of ether oxygens (including phenoxy) is 1. The Morgan fingerprint density at radius 3 is 2.51 bits per heavy atom. The highest BCUT2D eigenvalue weighted by atomic mass is 32.2. The van der Waals surface area contributed by atoms with Crippen LogP contribution in [0.1, 0.15) is 50.2 Å². The Kier molecular flexibility index (Phi) is 9.08. The maximum atomic E-state index is 13.9. The number of amides is 2. The van der Waals surface area contributed by atoms with Gasteiger partial charge in [-0.15, -0.1) is 21.5 Å². The first-order chi connectivity index (χ1) is 21.9. The van der Waals surface area contributed by atoms with Gasteiger partial charge in [-0.25, -0.2) is 5.01 Å². The molecule has 5 aromatic rings. The molecule has 11 heteroatoms. The topological polar surface area (TPSA) is 102 Å². The van der Waals surface area contributed by atoms with E-state index in [0.717, 1.165) is 38.7 Å². The van der Waals surface area contributed by atoms with Crippen LogP contribution in [0.4, 0.5) is 0 Å². The first-order valence-electron chi connectivity index (χ1n) is 14.5. The number of hydrogen-bond acceptors (Lipinski definition) is 8. The largest absolute Gasteiger partial charge is 0.497 e. The van der Waals surface area contributed by atoms with E-state index in [2.05, 4.69) is 15.5 Å². The Labute approximate surface area is 270 Å². The molecule has 1 atom stereocenters. The molecule has 0 aliphatic carbocycles.